The van der Waals surface area contributed by atoms with Crippen molar-refractivity contribution < 1.29 is 19.1 Å². The molecule has 1 unspecified atom stereocenters. The fourth-order valence-electron chi connectivity index (χ4n) is 2.42. The van der Waals surface area contributed by atoms with Gasteiger partial charge in [-0.25, -0.2) is 0 Å². The molecule has 0 aromatic heterocycles. The molecule has 0 amide bonds. The highest BCUT2D eigenvalue weighted by Gasteiger charge is 2.13. The quantitative estimate of drug-likeness (QED) is 0.324. The minimum absolute atomic E-state index is 0.226. The Kier molecular flexibility index (Phi) is 11.2. The van der Waals surface area contributed by atoms with E-state index < -0.39 is 0 Å². The van der Waals surface area contributed by atoms with E-state index in [0.717, 1.165) is 22.9 Å². The summed E-state index contributed by atoms with van der Waals surface area (Å²) in [5.74, 6) is -0.525. The third-order valence-electron chi connectivity index (χ3n) is 3.90. The third-order valence-corrected chi connectivity index (χ3v) is 4.39. The van der Waals surface area contributed by atoms with Gasteiger partial charge in [0, 0.05) is 17.3 Å². The summed E-state index contributed by atoms with van der Waals surface area (Å²) < 4.78 is 11.5. The van der Waals surface area contributed by atoms with Crippen LogP contribution in [0.25, 0.3) is 0 Å². The molecule has 0 bridgehead atoms. The van der Waals surface area contributed by atoms with Gasteiger partial charge in [-0.05, 0) is 37.5 Å². The Bertz CT molecular complexity index is 530. The fourth-order valence-corrected chi connectivity index (χ4v) is 2.84. The van der Waals surface area contributed by atoms with Gasteiger partial charge in [-0.15, -0.1) is 0 Å². The van der Waals surface area contributed by atoms with Gasteiger partial charge in [-0.2, -0.15) is 0 Å². The molecule has 0 spiro atoms. The van der Waals surface area contributed by atoms with Crippen molar-refractivity contribution in [2.45, 2.75) is 71.3 Å². The summed E-state index contributed by atoms with van der Waals surface area (Å²) in [7, 11) is 0. The van der Waals surface area contributed by atoms with Crippen LogP contribution < -0.4 is 0 Å². The van der Waals surface area contributed by atoms with Crippen LogP contribution in [0.1, 0.15) is 76.9 Å². The normalized spacial score (nSPS) is 11.8. The third kappa shape index (κ3) is 10.3. The van der Waals surface area contributed by atoms with Gasteiger partial charge in [-0.1, -0.05) is 60.7 Å². The van der Waals surface area contributed by atoms with Crippen molar-refractivity contribution in [1.29, 1.82) is 0 Å². The van der Waals surface area contributed by atoms with Crippen LogP contribution in [0.3, 0.4) is 0 Å². The van der Waals surface area contributed by atoms with E-state index in [9.17, 15) is 9.59 Å². The van der Waals surface area contributed by atoms with Crippen LogP contribution >= 0.6 is 15.9 Å². The first-order valence-electron chi connectivity index (χ1n) is 9.13. The van der Waals surface area contributed by atoms with Crippen LogP contribution in [-0.4, -0.2) is 18.5 Å². The zero-order valence-corrected chi connectivity index (χ0v) is 16.8. The topological polar surface area (TPSA) is 52.6 Å². The molecule has 0 aliphatic rings. The van der Waals surface area contributed by atoms with Crippen molar-refractivity contribution in [1.82, 2.24) is 0 Å². The number of benzene rings is 1. The van der Waals surface area contributed by atoms with Crippen LogP contribution in [0.15, 0.2) is 28.7 Å². The first-order valence-corrected chi connectivity index (χ1v) is 9.92. The zero-order valence-electron chi connectivity index (χ0n) is 15.3. The SMILES string of the molecule is CCCCCCCOC(=O)CCCC(=O)OC(C)c1cccc(Br)c1. The maximum atomic E-state index is 11.9. The number of carbonyl (C=O) groups is 2. The summed E-state index contributed by atoms with van der Waals surface area (Å²) in [4.78, 5) is 23.5. The second-order valence-electron chi connectivity index (χ2n) is 6.18. The number of carbonyl (C=O) groups excluding carboxylic acids is 2. The highest BCUT2D eigenvalue weighted by atomic mass is 79.9. The molecular formula is C20H29BrO4. The van der Waals surface area contributed by atoms with Crippen LogP contribution in [0.2, 0.25) is 0 Å². The Hall–Kier alpha value is -1.36. The summed E-state index contributed by atoms with van der Waals surface area (Å²) in [6, 6.07) is 7.67. The second kappa shape index (κ2) is 12.9. The molecule has 0 fully saturated rings. The van der Waals surface area contributed by atoms with Crippen LogP contribution in [0.5, 0.6) is 0 Å². The Morgan fingerprint density at radius 1 is 1.04 bits per heavy atom. The Labute approximate surface area is 159 Å². The van der Waals surface area contributed by atoms with Crippen molar-refractivity contribution in [2.75, 3.05) is 6.61 Å². The fraction of sp³-hybridized carbons (Fsp3) is 0.600. The van der Waals surface area contributed by atoms with Gasteiger partial charge >= 0.3 is 11.9 Å². The summed E-state index contributed by atoms with van der Waals surface area (Å²) >= 11 is 3.40. The summed E-state index contributed by atoms with van der Waals surface area (Å²) in [5, 5.41) is 0. The number of rotatable bonds is 12. The highest BCUT2D eigenvalue weighted by Crippen LogP contribution is 2.21. The van der Waals surface area contributed by atoms with Crippen molar-refractivity contribution in [3.8, 4) is 0 Å². The molecule has 0 saturated carbocycles. The number of ether oxygens (including phenoxy) is 2. The molecule has 0 aliphatic carbocycles. The maximum absolute atomic E-state index is 11.9. The number of esters is 2. The minimum atomic E-state index is -0.305. The number of hydrogen-bond acceptors (Lipinski definition) is 4. The van der Waals surface area contributed by atoms with E-state index >= 15 is 0 Å². The largest absolute Gasteiger partial charge is 0.466 e. The molecule has 25 heavy (non-hydrogen) atoms. The van der Waals surface area contributed by atoms with Crippen LogP contribution in [0, 0.1) is 0 Å². The van der Waals surface area contributed by atoms with Gasteiger partial charge in [0.25, 0.3) is 0 Å². The number of hydrogen-bond donors (Lipinski definition) is 0. The maximum Gasteiger partial charge on any atom is 0.306 e. The van der Waals surface area contributed by atoms with Crippen LogP contribution in [0.4, 0.5) is 0 Å². The molecule has 1 aromatic carbocycles. The van der Waals surface area contributed by atoms with E-state index in [1.807, 2.05) is 31.2 Å². The van der Waals surface area contributed by atoms with Crippen molar-refractivity contribution in [3.63, 3.8) is 0 Å². The summed E-state index contributed by atoms with van der Waals surface area (Å²) in [6.07, 6.45) is 6.28. The average Bonchev–Trinajstić information content (AvgIpc) is 2.58. The Morgan fingerprint density at radius 3 is 2.48 bits per heavy atom. The molecule has 0 aliphatic heterocycles. The zero-order chi connectivity index (χ0) is 18.5. The molecule has 0 radical (unpaired) electrons. The molecule has 5 heteroatoms. The van der Waals surface area contributed by atoms with Gasteiger partial charge in [0.15, 0.2) is 0 Å². The Balaban J connectivity index is 2.12. The monoisotopic (exact) mass is 412 g/mol. The lowest BCUT2D eigenvalue weighted by Gasteiger charge is -2.14. The van der Waals surface area contributed by atoms with E-state index in [2.05, 4.69) is 22.9 Å². The lowest BCUT2D eigenvalue weighted by molar-refractivity contribution is -0.149. The minimum Gasteiger partial charge on any atom is -0.466 e. The lowest BCUT2D eigenvalue weighted by atomic mass is 10.1. The average molecular weight is 413 g/mol. The first kappa shape index (κ1) is 21.7. The van der Waals surface area contributed by atoms with E-state index in [1.54, 1.807) is 0 Å². The number of unbranched alkanes of at least 4 members (excludes halogenated alkanes) is 4. The Morgan fingerprint density at radius 2 is 1.76 bits per heavy atom. The van der Waals surface area contributed by atoms with Crippen molar-refractivity contribution in [2.24, 2.45) is 0 Å². The standard InChI is InChI=1S/C20H29BrO4/c1-3-4-5-6-7-14-24-19(22)12-9-13-20(23)25-16(2)17-10-8-11-18(21)15-17/h8,10-11,15-16H,3-7,9,12-14H2,1-2H3. The van der Waals surface area contributed by atoms with Gasteiger partial charge in [0.1, 0.15) is 6.10 Å². The molecule has 1 rings (SSSR count). The van der Waals surface area contributed by atoms with E-state index in [4.69, 9.17) is 9.47 Å². The predicted molar refractivity (Wildman–Crippen MR) is 102 cm³/mol. The van der Waals surface area contributed by atoms with Crippen molar-refractivity contribution in [3.05, 3.63) is 34.3 Å². The molecular weight excluding hydrogens is 384 g/mol. The molecule has 1 atom stereocenters. The van der Waals surface area contributed by atoms with Crippen molar-refractivity contribution >= 4 is 27.9 Å². The van der Waals surface area contributed by atoms with Gasteiger partial charge in [-0.3, -0.25) is 9.59 Å². The molecule has 140 valence electrons. The van der Waals surface area contributed by atoms with E-state index in [0.29, 0.717) is 13.0 Å². The molecule has 4 nitrogen and oxygen atoms in total. The number of halogens is 1. The smallest absolute Gasteiger partial charge is 0.306 e. The van der Waals surface area contributed by atoms with Crippen LogP contribution in [-0.2, 0) is 19.1 Å². The lowest BCUT2D eigenvalue weighted by Crippen LogP contribution is -2.11. The predicted octanol–water partition coefficient (Wildman–Crippen LogP) is 5.74. The molecule has 0 heterocycles. The van der Waals surface area contributed by atoms with E-state index in [1.165, 1.54) is 19.3 Å². The highest BCUT2D eigenvalue weighted by molar-refractivity contribution is 9.10. The molecule has 0 N–H and O–H groups in total. The first-order chi connectivity index (χ1) is 12.0. The second-order valence-corrected chi connectivity index (χ2v) is 7.09. The van der Waals surface area contributed by atoms with Gasteiger partial charge in [0.05, 0.1) is 6.61 Å². The molecule has 0 saturated heterocycles. The summed E-state index contributed by atoms with van der Waals surface area (Å²) in [5.41, 5.74) is 0.935. The van der Waals surface area contributed by atoms with Gasteiger partial charge < -0.3 is 9.47 Å². The van der Waals surface area contributed by atoms with Gasteiger partial charge in [0.2, 0.25) is 0 Å². The summed E-state index contributed by atoms with van der Waals surface area (Å²) in [6.45, 7) is 4.49. The van der Waals surface area contributed by atoms with E-state index in [-0.39, 0.29) is 30.9 Å². The molecule has 1 aromatic rings.